The quantitative estimate of drug-likeness (QED) is 0.258. The van der Waals surface area contributed by atoms with E-state index in [1.54, 1.807) is 19.2 Å². The predicted molar refractivity (Wildman–Crippen MR) is 106 cm³/mol. The number of esters is 1. The molecule has 0 aliphatic carbocycles. The van der Waals surface area contributed by atoms with Crippen molar-refractivity contribution in [1.29, 1.82) is 0 Å². The summed E-state index contributed by atoms with van der Waals surface area (Å²) in [5.41, 5.74) is 2.03. The monoisotopic (exact) mass is 376 g/mol. The van der Waals surface area contributed by atoms with Gasteiger partial charge in [0.1, 0.15) is 5.82 Å². The Hall–Kier alpha value is -2.57. The van der Waals surface area contributed by atoms with Crippen molar-refractivity contribution in [1.82, 2.24) is 15.6 Å². The van der Waals surface area contributed by atoms with Crippen molar-refractivity contribution >= 4 is 22.8 Å². The first-order valence-electron chi connectivity index (χ1n) is 9.41. The van der Waals surface area contributed by atoms with Crippen LogP contribution < -0.4 is 10.6 Å². The highest BCUT2D eigenvalue weighted by atomic mass is 19.1. The lowest BCUT2D eigenvalue weighted by Gasteiger charge is -2.11. The standard InChI is InChI=1S/C20H29FN4O2/c1-22-20(23-11-6-4-3-5-7-19(26)27-2)24-12-10-15-14-25-18-9-8-16(21)13-17(15)18/h8-9,13-14,25H,3-7,10-12H2,1-2H3,(H2,22,23,24). The Balaban J connectivity index is 1.62. The van der Waals surface area contributed by atoms with Gasteiger partial charge in [-0.1, -0.05) is 12.8 Å². The molecule has 0 amide bonds. The van der Waals surface area contributed by atoms with E-state index in [4.69, 9.17) is 0 Å². The molecule has 1 aromatic heterocycles. The molecule has 0 atom stereocenters. The van der Waals surface area contributed by atoms with Gasteiger partial charge in [-0.3, -0.25) is 9.79 Å². The maximum atomic E-state index is 13.4. The van der Waals surface area contributed by atoms with Gasteiger partial charge in [0, 0.05) is 43.7 Å². The Bertz CT molecular complexity index is 758. The number of rotatable bonds is 10. The van der Waals surface area contributed by atoms with Gasteiger partial charge in [0.25, 0.3) is 0 Å². The maximum Gasteiger partial charge on any atom is 0.305 e. The van der Waals surface area contributed by atoms with Crippen LogP contribution in [0.5, 0.6) is 0 Å². The number of aliphatic imine (C=N–C) groups is 1. The lowest BCUT2D eigenvalue weighted by molar-refractivity contribution is -0.140. The second-order valence-electron chi connectivity index (χ2n) is 6.42. The van der Waals surface area contributed by atoms with Crippen LogP contribution in [-0.2, 0) is 16.0 Å². The number of hydrogen-bond acceptors (Lipinski definition) is 3. The van der Waals surface area contributed by atoms with E-state index in [1.165, 1.54) is 13.2 Å². The number of hydrogen-bond donors (Lipinski definition) is 3. The molecule has 0 radical (unpaired) electrons. The molecule has 6 nitrogen and oxygen atoms in total. The fourth-order valence-corrected chi connectivity index (χ4v) is 2.95. The number of unbranched alkanes of at least 4 members (excludes halogenated alkanes) is 3. The van der Waals surface area contributed by atoms with Crippen LogP contribution in [-0.4, -0.2) is 44.2 Å². The van der Waals surface area contributed by atoms with Gasteiger partial charge < -0.3 is 20.4 Å². The van der Waals surface area contributed by atoms with Crippen LogP contribution in [0.25, 0.3) is 10.9 Å². The number of H-pyrrole nitrogens is 1. The molecule has 0 fully saturated rings. The zero-order chi connectivity index (χ0) is 19.5. The Morgan fingerprint density at radius 1 is 1.19 bits per heavy atom. The van der Waals surface area contributed by atoms with Crippen molar-refractivity contribution < 1.29 is 13.9 Å². The van der Waals surface area contributed by atoms with E-state index in [2.05, 4.69) is 25.3 Å². The Morgan fingerprint density at radius 3 is 2.74 bits per heavy atom. The molecule has 1 heterocycles. The van der Waals surface area contributed by atoms with Crippen LogP contribution in [0.3, 0.4) is 0 Å². The third-order valence-corrected chi connectivity index (χ3v) is 4.47. The molecule has 1 aromatic carbocycles. The molecule has 0 aliphatic rings. The van der Waals surface area contributed by atoms with E-state index in [9.17, 15) is 9.18 Å². The normalized spacial score (nSPS) is 11.6. The molecular formula is C20H29FN4O2. The lowest BCUT2D eigenvalue weighted by Crippen LogP contribution is -2.38. The van der Waals surface area contributed by atoms with Gasteiger partial charge in [-0.25, -0.2) is 4.39 Å². The number of guanidine groups is 1. The van der Waals surface area contributed by atoms with Crippen LogP contribution in [0.4, 0.5) is 4.39 Å². The maximum absolute atomic E-state index is 13.4. The summed E-state index contributed by atoms with van der Waals surface area (Å²) < 4.78 is 18.0. The third kappa shape index (κ3) is 6.92. The molecule has 0 unspecified atom stereocenters. The van der Waals surface area contributed by atoms with Crippen LogP contribution in [0.1, 0.15) is 37.7 Å². The minimum Gasteiger partial charge on any atom is -0.469 e. The summed E-state index contributed by atoms with van der Waals surface area (Å²) in [6.07, 6.45) is 7.15. The summed E-state index contributed by atoms with van der Waals surface area (Å²) >= 11 is 0. The summed E-state index contributed by atoms with van der Waals surface area (Å²) in [6, 6.07) is 4.78. The molecule has 0 saturated heterocycles. The zero-order valence-corrected chi connectivity index (χ0v) is 16.1. The van der Waals surface area contributed by atoms with Gasteiger partial charge in [0.15, 0.2) is 5.96 Å². The molecule has 27 heavy (non-hydrogen) atoms. The fraction of sp³-hybridized carbons (Fsp3) is 0.500. The number of carbonyl (C=O) groups excluding carboxylic acids is 1. The zero-order valence-electron chi connectivity index (χ0n) is 16.1. The average molecular weight is 376 g/mol. The first-order chi connectivity index (χ1) is 13.1. The second-order valence-corrected chi connectivity index (χ2v) is 6.42. The summed E-state index contributed by atoms with van der Waals surface area (Å²) in [5.74, 6) is 0.395. The number of nitrogens with zero attached hydrogens (tertiary/aromatic N) is 1. The van der Waals surface area contributed by atoms with Crippen molar-refractivity contribution in [2.24, 2.45) is 4.99 Å². The molecule has 0 bridgehead atoms. The molecule has 7 heteroatoms. The first-order valence-corrected chi connectivity index (χ1v) is 9.41. The van der Waals surface area contributed by atoms with Crippen LogP contribution >= 0.6 is 0 Å². The number of carbonyl (C=O) groups is 1. The SMILES string of the molecule is CN=C(NCCCCCCC(=O)OC)NCCc1c[nH]c2ccc(F)cc12. The Labute approximate surface area is 159 Å². The minimum absolute atomic E-state index is 0.143. The predicted octanol–water partition coefficient (Wildman–Crippen LogP) is 3.14. The van der Waals surface area contributed by atoms with Crippen molar-refractivity contribution in [2.45, 2.75) is 38.5 Å². The number of halogens is 1. The fourth-order valence-electron chi connectivity index (χ4n) is 2.95. The molecule has 2 rings (SSSR count). The molecule has 0 saturated carbocycles. The Kier molecular flexibility index (Phi) is 8.61. The number of aromatic amines is 1. The number of benzene rings is 1. The lowest BCUT2D eigenvalue weighted by atomic mass is 10.1. The van der Waals surface area contributed by atoms with Crippen LogP contribution in [0.15, 0.2) is 29.4 Å². The van der Waals surface area contributed by atoms with Gasteiger partial charge in [0.2, 0.25) is 0 Å². The molecule has 0 aliphatic heterocycles. The van der Waals surface area contributed by atoms with Crippen molar-refractivity contribution in [2.75, 3.05) is 27.2 Å². The Morgan fingerprint density at radius 2 is 1.96 bits per heavy atom. The summed E-state index contributed by atoms with van der Waals surface area (Å²) in [5, 5.41) is 7.49. The number of nitrogens with one attached hydrogen (secondary N) is 3. The van der Waals surface area contributed by atoms with Gasteiger partial charge in [0.05, 0.1) is 7.11 Å². The molecule has 148 valence electrons. The summed E-state index contributed by atoms with van der Waals surface area (Å²) in [7, 11) is 3.16. The van der Waals surface area contributed by atoms with E-state index in [0.717, 1.165) is 61.1 Å². The third-order valence-electron chi connectivity index (χ3n) is 4.47. The van der Waals surface area contributed by atoms with E-state index < -0.39 is 0 Å². The summed E-state index contributed by atoms with van der Waals surface area (Å²) in [4.78, 5) is 18.4. The number of ether oxygens (including phenoxy) is 1. The van der Waals surface area contributed by atoms with E-state index in [0.29, 0.717) is 13.0 Å². The average Bonchev–Trinajstić information content (AvgIpc) is 3.07. The number of fused-ring (bicyclic) bond motifs is 1. The number of methoxy groups -OCH3 is 1. The van der Waals surface area contributed by atoms with Crippen LogP contribution in [0, 0.1) is 5.82 Å². The van der Waals surface area contributed by atoms with E-state index in [-0.39, 0.29) is 11.8 Å². The molecular weight excluding hydrogens is 347 g/mol. The minimum atomic E-state index is -0.222. The van der Waals surface area contributed by atoms with Crippen LogP contribution in [0.2, 0.25) is 0 Å². The van der Waals surface area contributed by atoms with Gasteiger partial charge in [-0.2, -0.15) is 0 Å². The van der Waals surface area contributed by atoms with E-state index in [1.807, 2.05) is 6.20 Å². The highest BCUT2D eigenvalue weighted by Crippen LogP contribution is 2.19. The van der Waals surface area contributed by atoms with Crippen molar-refractivity contribution in [3.63, 3.8) is 0 Å². The van der Waals surface area contributed by atoms with Crippen molar-refractivity contribution in [3.05, 3.63) is 35.8 Å². The smallest absolute Gasteiger partial charge is 0.305 e. The second kappa shape index (κ2) is 11.2. The van der Waals surface area contributed by atoms with Gasteiger partial charge >= 0.3 is 5.97 Å². The highest BCUT2D eigenvalue weighted by molar-refractivity contribution is 5.83. The topological polar surface area (TPSA) is 78.5 Å². The van der Waals surface area contributed by atoms with Gasteiger partial charge in [-0.05, 0) is 43.0 Å². The van der Waals surface area contributed by atoms with E-state index >= 15 is 0 Å². The van der Waals surface area contributed by atoms with Crippen molar-refractivity contribution in [3.8, 4) is 0 Å². The number of aromatic nitrogens is 1. The molecule has 3 N–H and O–H groups in total. The molecule has 2 aromatic rings. The largest absolute Gasteiger partial charge is 0.469 e. The first kappa shape index (κ1) is 20.7. The van der Waals surface area contributed by atoms with Gasteiger partial charge in [-0.15, -0.1) is 0 Å². The molecule has 0 spiro atoms. The highest BCUT2D eigenvalue weighted by Gasteiger charge is 2.05. The summed E-state index contributed by atoms with van der Waals surface area (Å²) in [6.45, 7) is 1.54.